The average molecular weight is 275 g/mol. The molecular weight excluding hydrogens is 250 g/mol. The van der Waals surface area contributed by atoms with Gasteiger partial charge in [0.05, 0.1) is 6.61 Å². The second-order valence-electron chi connectivity index (χ2n) is 5.86. The second-order valence-corrected chi connectivity index (χ2v) is 5.86. The number of benzene rings is 1. The Morgan fingerprint density at radius 1 is 1.20 bits per heavy atom. The first-order valence-electron chi connectivity index (χ1n) is 7.67. The van der Waals surface area contributed by atoms with Gasteiger partial charge in [0.25, 0.3) is 0 Å². The van der Waals surface area contributed by atoms with Crippen LogP contribution in [0.1, 0.15) is 11.1 Å². The summed E-state index contributed by atoms with van der Waals surface area (Å²) in [5.74, 6) is 1.08. The van der Waals surface area contributed by atoms with E-state index in [9.17, 15) is 0 Å². The smallest absolute Gasteiger partial charge is 0.122 e. The maximum Gasteiger partial charge on any atom is 0.122 e. The van der Waals surface area contributed by atoms with Crippen molar-refractivity contribution in [3.63, 3.8) is 0 Å². The van der Waals surface area contributed by atoms with Crippen LogP contribution in [0.2, 0.25) is 0 Å². The molecular formula is C16H25N3O. The zero-order valence-electron chi connectivity index (χ0n) is 12.4. The summed E-state index contributed by atoms with van der Waals surface area (Å²) in [6.45, 7) is 8.83. The molecule has 20 heavy (non-hydrogen) atoms. The topological polar surface area (TPSA) is 27.7 Å². The number of likely N-dealkylation sites (N-methyl/N-ethyl adjacent to an activating group) is 1. The zero-order valence-corrected chi connectivity index (χ0v) is 12.4. The first-order chi connectivity index (χ1) is 9.81. The third-order valence-electron chi connectivity index (χ3n) is 4.28. The van der Waals surface area contributed by atoms with E-state index in [1.54, 1.807) is 0 Å². The maximum atomic E-state index is 5.54. The Hall–Kier alpha value is -1.10. The molecule has 1 saturated heterocycles. The molecule has 1 N–H and O–H groups in total. The van der Waals surface area contributed by atoms with Crippen LogP contribution in [0.5, 0.6) is 5.75 Å². The number of rotatable bonds is 5. The standard InChI is InChI=1S/C16H25N3O/c1-18-7-9-19(10-8-18)6-5-17-13-14-2-3-16-15(12-14)4-11-20-16/h2-3,12,17H,4-11,13H2,1H3. The van der Waals surface area contributed by atoms with Crippen molar-refractivity contribution < 1.29 is 4.74 Å². The van der Waals surface area contributed by atoms with E-state index in [2.05, 4.69) is 40.4 Å². The second kappa shape index (κ2) is 6.57. The molecule has 110 valence electrons. The molecule has 0 unspecified atom stereocenters. The molecule has 1 aromatic carbocycles. The van der Waals surface area contributed by atoms with E-state index in [-0.39, 0.29) is 0 Å². The van der Waals surface area contributed by atoms with Crippen LogP contribution in [-0.2, 0) is 13.0 Å². The molecule has 0 spiro atoms. The van der Waals surface area contributed by atoms with Gasteiger partial charge in [0, 0.05) is 52.2 Å². The van der Waals surface area contributed by atoms with Gasteiger partial charge in [-0.15, -0.1) is 0 Å². The minimum atomic E-state index is 0.843. The summed E-state index contributed by atoms with van der Waals surface area (Å²) < 4.78 is 5.54. The fraction of sp³-hybridized carbons (Fsp3) is 0.625. The summed E-state index contributed by atoms with van der Waals surface area (Å²) >= 11 is 0. The molecule has 0 aromatic heterocycles. The Morgan fingerprint density at radius 3 is 2.90 bits per heavy atom. The van der Waals surface area contributed by atoms with Crippen LogP contribution in [0.4, 0.5) is 0 Å². The molecule has 4 nitrogen and oxygen atoms in total. The van der Waals surface area contributed by atoms with Crippen LogP contribution in [0.15, 0.2) is 18.2 Å². The van der Waals surface area contributed by atoms with Crippen LogP contribution in [0, 0.1) is 0 Å². The van der Waals surface area contributed by atoms with Gasteiger partial charge in [-0.05, 0) is 24.2 Å². The molecule has 2 aliphatic heterocycles. The van der Waals surface area contributed by atoms with Crippen LogP contribution in [0.25, 0.3) is 0 Å². The van der Waals surface area contributed by atoms with Crippen molar-refractivity contribution in [2.24, 2.45) is 0 Å². The first-order valence-corrected chi connectivity index (χ1v) is 7.67. The van der Waals surface area contributed by atoms with Gasteiger partial charge in [0.1, 0.15) is 5.75 Å². The molecule has 1 fully saturated rings. The Bertz CT molecular complexity index is 441. The number of nitrogens with one attached hydrogen (secondary N) is 1. The Balaban J connectivity index is 1.37. The molecule has 4 heteroatoms. The van der Waals surface area contributed by atoms with Crippen molar-refractivity contribution in [3.8, 4) is 5.75 Å². The van der Waals surface area contributed by atoms with Gasteiger partial charge in [-0.25, -0.2) is 0 Å². The number of fused-ring (bicyclic) bond motifs is 1. The highest BCUT2D eigenvalue weighted by molar-refractivity contribution is 5.39. The van der Waals surface area contributed by atoms with Crippen LogP contribution < -0.4 is 10.1 Å². The van der Waals surface area contributed by atoms with Gasteiger partial charge in [0.2, 0.25) is 0 Å². The van der Waals surface area contributed by atoms with Crippen molar-refractivity contribution in [2.45, 2.75) is 13.0 Å². The highest BCUT2D eigenvalue weighted by Crippen LogP contribution is 2.25. The molecule has 3 rings (SSSR count). The molecule has 2 aliphatic rings. The maximum absolute atomic E-state index is 5.54. The van der Waals surface area contributed by atoms with E-state index in [1.165, 1.54) is 37.3 Å². The van der Waals surface area contributed by atoms with E-state index in [0.29, 0.717) is 0 Å². The summed E-state index contributed by atoms with van der Waals surface area (Å²) in [6.07, 6.45) is 1.06. The van der Waals surface area contributed by atoms with Crippen molar-refractivity contribution in [1.29, 1.82) is 0 Å². The molecule has 0 aliphatic carbocycles. The lowest BCUT2D eigenvalue weighted by atomic mass is 10.1. The largest absolute Gasteiger partial charge is 0.493 e. The lowest BCUT2D eigenvalue weighted by Crippen LogP contribution is -2.46. The van der Waals surface area contributed by atoms with E-state index in [1.807, 2.05) is 0 Å². The minimum Gasteiger partial charge on any atom is -0.493 e. The average Bonchev–Trinajstić information content (AvgIpc) is 2.93. The van der Waals surface area contributed by atoms with E-state index < -0.39 is 0 Å². The van der Waals surface area contributed by atoms with E-state index in [0.717, 1.165) is 38.4 Å². The number of ether oxygens (including phenoxy) is 1. The first kappa shape index (κ1) is 13.9. The number of hydrogen-bond acceptors (Lipinski definition) is 4. The monoisotopic (exact) mass is 275 g/mol. The van der Waals surface area contributed by atoms with Crippen molar-refractivity contribution in [3.05, 3.63) is 29.3 Å². The summed E-state index contributed by atoms with van der Waals surface area (Å²) in [5.41, 5.74) is 2.73. The molecule has 0 atom stereocenters. The fourth-order valence-corrected chi connectivity index (χ4v) is 2.89. The normalized spacial score (nSPS) is 19.9. The van der Waals surface area contributed by atoms with Crippen LogP contribution in [0.3, 0.4) is 0 Å². The Labute approximate surface area is 121 Å². The highest BCUT2D eigenvalue weighted by atomic mass is 16.5. The summed E-state index contributed by atoms with van der Waals surface area (Å²) in [7, 11) is 2.20. The lowest BCUT2D eigenvalue weighted by Gasteiger charge is -2.32. The zero-order chi connectivity index (χ0) is 13.8. The number of nitrogens with zero attached hydrogens (tertiary/aromatic N) is 2. The molecule has 1 aromatic rings. The Kier molecular flexibility index (Phi) is 4.55. The quantitative estimate of drug-likeness (QED) is 0.810. The van der Waals surface area contributed by atoms with Crippen LogP contribution >= 0.6 is 0 Å². The number of piperazine rings is 1. The summed E-state index contributed by atoms with van der Waals surface area (Å²) in [5, 5.41) is 3.56. The molecule has 0 saturated carbocycles. The van der Waals surface area contributed by atoms with Gasteiger partial charge in [-0.1, -0.05) is 12.1 Å². The highest BCUT2D eigenvalue weighted by Gasteiger charge is 2.13. The Morgan fingerprint density at radius 2 is 2.05 bits per heavy atom. The molecule has 2 heterocycles. The summed E-state index contributed by atoms with van der Waals surface area (Å²) in [6, 6.07) is 6.57. The van der Waals surface area contributed by atoms with Gasteiger partial charge >= 0.3 is 0 Å². The SMILES string of the molecule is CN1CCN(CCNCc2ccc3c(c2)CCO3)CC1. The molecule has 0 radical (unpaired) electrons. The van der Waals surface area contributed by atoms with Crippen LogP contribution in [-0.4, -0.2) is 62.7 Å². The van der Waals surface area contributed by atoms with Gasteiger partial charge in [0.15, 0.2) is 0 Å². The predicted octanol–water partition coefficient (Wildman–Crippen LogP) is 0.959. The summed E-state index contributed by atoms with van der Waals surface area (Å²) in [4.78, 5) is 4.94. The molecule has 0 amide bonds. The third kappa shape index (κ3) is 3.51. The van der Waals surface area contributed by atoms with Gasteiger partial charge in [-0.2, -0.15) is 0 Å². The lowest BCUT2D eigenvalue weighted by molar-refractivity contribution is 0.154. The van der Waals surface area contributed by atoms with Crippen molar-refractivity contribution in [2.75, 3.05) is 52.9 Å². The number of hydrogen-bond donors (Lipinski definition) is 1. The molecule has 0 bridgehead atoms. The third-order valence-corrected chi connectivity index (χ3v) is 4.28. The van der Waals surface area contributed by atoms with Crippen molar-refractivity contribution in [1.82, 2.24) is 15.1 Å². The van der Waals surface area contributed by atoms with Gasteiger partial charge < -0.3 is 15.0 Å². The predicted molar refractivity (Wildman–Crippen MR) is 81.3 cm³/mol. The van der Waals surface area contributed by atoms with E-state index in [4.69, 9.17) is 4.74 Å². The van der Waals surface area contributed by atoms with Crippen molar-refractivity contribution >= 4 is 0 Å². The van der Waals surface area contributed by atoms with Gasteiger partial charge in [-0.3, -0.25) is 4.90 Å². The fourth-order valence-electron chi connectivity index (χ4n) is 2.89. The minimum absolute atomic E-state index is 0.843. The van der Waals surface area contributed by atoms with E-state index >= 15 is 0 Å².